The molecule has 240 valence electrons. The summed E-state index contributed by atoms with van der Waals surface area (Å²) in [5, 5.41) is 2.21. The van der Waals surface area contributed by atoms with Crippen molar-refractivity contribution in [1.82, 2.24) is 0 Å². The Hall–Kier alpha value is -3.32. The van der Waals surface area contributed by atoms with Crippen molar-refractivity contribution < 1.29 is 35.1 Å². The number of fused-ring (bicyclic) bond motifs is 2. The highest BCUT2D eigenvalue weighted by Gasteiger charge is 2.34. The van der Waals surface area contributed by atoms with Gasteiger partial charge in [-0.05, 0) is 87.5 Å². The van der Waals surface area contributed by atoms with E-state index in [0.29, 0.717) is 36.2 Å². The molecule has 0 atom stereocenters. The van der Waals surface area contributed by atoms with Crippen molar-refractivity contribution in [2.24, 2.45) is 0 Å². The first-order chi connectivity index (χ1) is 22.3. The molecule has 6 aromatic rings. The molecule has 0 saturated heterocycles. The van der Waals surface area contributed by atoms with Crippen molar-refractivity contribution in [3.05, 3.63) is 129 Å². The summed E-state index contributed by atoms with van der Waals surface area (Å²) in [4.78, 5) is 2.23. The van der Waals surface area contributed by atoms with Crippen LogP contribution in [0.15, 0.2) is 80.2 Å². The number of thioether (sulfide) groups is 1. The zero-order chi connectivity index (χ0) is 33.9. The molecule has 6 aromatic carbocycles. The van der Waals surface area contributed by atoms with E-state index in [1.54, 1.807) is 48.5 Å². The fraction of sp³-hybridized carbons (Fsp3) is 0.0857. The number of rotatable bonds is 6. The van der Waals surface area contributed by atoms with Gasteiger partial charge in [0.2, 0.25) is 0 Å². The van der Waals surface area contributed by atoms with Gasteiger partial charge in [-0.2, -0.15) is 0 Å². The normalized spacial score (nSPS) is 11.7. The van der Waals surface area contributed by atoms with Crippen molar-refractivity contribution in [3.63, 3.8) is 0 Å². The Bertz CT molecular complexity index is 2210. The highest BCUT2D eigenvalue weighted by Crippen LogP contribution is 2.40. The van der Waals surface area contributed by atoms with Crippen LogP contribution in [0.4, 0.5) is 35.1 Å². The fourth-order valence-corrected chi connectivity index (χ4v) is 6.99. The SMILES string of the molecule is CSc1ccc2c(Cc3c(F)c(F)c(-c4c(F)c(F)c(Cc5cc(S)cc6cc(S)ccc56)c(F)c4F)c(F)c3F)cc(S)cc2c1. The van der Waals surface area contributed by atoms with Crippen LogP contribution >= 0.6 is 49.6 Å². The lowest BCUT2D eigenvalue weighted by Gasteiger charge is -2.17. The number of benzene rings is 6. The Balaban J connectivity index is 1.47. The summed E-state index contributed by atoms with van der Waals surface area (Å²) in [7, 11) is 0. The molecular formula is C35H20F8S4. The summed E-state index contributed by atoms with van der Waals surface area (Å²) in [6, 6.07) is 16.3. The minimum Gasteiger partial charge on any atom is -0.203 e. The van der Waals surface area contributed by atoms with Crippen LogP contribution in [0.1, 0.15) is 22.3 Å². The summed E-state index contributed by atoms with van der Waals surface area (Å²) in [6.07, 6.45) is 0.490. The predicted molar refractivity (Wildman–Crippen MR) is 179 cm³/mol. The molecule has 0 nitrogen and oxygen atoms in total. The van der Waals surface area contributed by atoms with E-state index in [1.165, 1.54) is 23.9 Å². The molecular weight excluding hydrogens is 701 g/mol. The molecule has 0 aliphatic heterocycles. The lowest BCUT2D eigenvalue weighted by atomic mass is 9.92. The van der Waals surface area contributed by atoms with Gasteiger partial charge in [0.25, 0.3) is 0 Å². The van der Waals surface area contributed by atoms with Gasteiger partial charge in [0.15, 0.2) is 46.5 Å². The Morgan fingerprint density at radius 3 is 1.28 bits per heavy atom. The van der Waals surface area contributed by atoms with E-state index in [9.17, 15) is 0 Å². The third-order valence-corrected chi connectivity index (χ3v) is 9.45. The van der Waals surface area contributed by atoms with E-state index in [2.05, 4.69) is 37.9 Å². The maximum absolute atomic E-state index is 15.5. The van der Waals surface area contributed by atoms with Crippen LogP contribution in [0.5, 0.6) is 0 Å². The molecule has 0 saturated carbocycles. The molecule has 0 amide bonds. The second kappa shape index (κ2) is 12.9. The quantitative estimate of drug-likeness (QED) is 0.0667. The van der Waals surface area contributed by atoms with E-state index in [0.717, 1.165) is 4.90 Å². The first-order valence-electron chi connectivity index (χ1n) is 13.7. The Labute approximate surface area is 284 Å². The van der Waals surface area contributed by atoms with E-state index in [4.69, 9.17) is 0 Å². The highest BCUT2D eigenvalue weighted by atomic mass is 32.2. The topological polar surface area (TPSA) is 0 Å². The van der Waals surface area contributed by atoms with E-state index in [-0.39, 0.29) is 11.1 Å². The van der Waals surface area contributed by atoms with Crippen molar-refractivity contribution in [3.8, 4) is 11.1 Å². The zero-order valence-corrected chi connectivity index (χ0v) is 27.5. The monoisotopic (exact) mass is 720 g/mol. The third-order valence-electron chi connectivity index (χ3n) is 7.93. The third kappa shape index (κ3) is 5.98. The summed E-state index contributed by atoms with van der Waals surface area (Å²) in [5.41, 5.74) is -5.52. The minimum atomic E-state index is -2.22. The Morgan fingerprint density at radius 1 is 0.468 bits per heavy atom. The van der Waals surface area contributed by atoms with Gasteiger partial charge in [-0.3, -0.25) is 0 Å². The Morgan fingerprint density at radius 2 is 0.851 bits per heavy atom. The maximum atomic E-state index is 15.5. The molecule has 0 aliphatic rings. The summed E-state index contributed by atoms with van der Waals surface area (Å²) in [5.74, 6) is -16.8. The molecule has 0 bridgehead atoms. The van der Waals surface area contributed by atoms with Crippen LogP contribution in [0.25, 0.3) is 32.7 Å². The van der Waals surface area contributed by atoms with Gasteiger partial charge in [0.05, 0.1) is 11.1 Å². The summed E-state index contributed by atoms with van der Waals surface area (Å²) in [6.45, 7) is 0. The van der Waals surface area contributed by atoms with Crippen molar-refractivity contribution in [1.29, 1.82) is 0 Å². The van der Waals surface area contributed by atoms with Gasteiger partial charge in [0, 0.05) is 43.6 Å². The molecule has 0 spiro atoms. The van der Waals surface area contributed by atoms with Gasteiger partial charge in [0.1, 0.15) is 0 Å². The van der Waals surface area contributed by atoms with Crippen LogP contribution in [-0.4, -0.2) is 6.26 Å². The van der Waals surface area contributed by atoms with E-state index >= 15 is 35.1 Å². The first-order valence-corrected chi connectivity index (χ1v) is 16.3. The van der Waals surface area contributed by atoms with Crippen LogP contribution in [-0.2, 0) is 12.8 Å². The molecule has 0 N–H and O–H groups in total. The molecule has 47 heavy (non-hydrogen) atoms. The second-order valence-corrected chi connectivity index (χ2v) is 13.2. The standard InChI is InChI=1S/C35H20F8S4/c1-47-21-3-5-23-15(11-21)8-20(46)10-17(23)13-25-30(38)34(42)27(35(43)31(25)39)26-32(40)28(36)24(29(37)33(26)41)12-16-9-19(45)7-14-6-18(44)2-4-22(14)16/h2-11,44-46H,12-13H2,1H3. The van der Waals surface area contributed by atoms with Crippen molar-refractivity contribution >= 4 is 71.2 Å². The lowest BCUT2D eigenvalue weighted by Crippen LogP contribution is -2.12. The lowest BCUT2D eigenvalue weighted by molar-refractivity contribution is 0.430. The molecule has 0 aliphatic carbocycles. The molecule has 0 fully saturated rings. The number of hydrogen-bond acceptors (Lipinski definition) is 4. The van der Waals surface area contributed by atoms with Gasteiger partial charge >= 0.3 is 0 Å². The predicted octanol–water partition coefficient (Wildman–Crippen LogP) is 11.5. The molecule has 0 radical (unpaired) electrons. The van der Waals surface area contributed by atoms with Crippen LogP contribution in [0, 0.1) is 46.5 Å². The molecule has 12 heteroatoms. The summed E-state index contributed by atoms with van der Waals surface area (Å²) < 4.78 is 124. The molecule has 0 heterocycles. The molecule has 0 aromatic heterocycles. The number of thiol groups is 3. The second-order valence-electron chi connectivity index (χ2n) is 10.8. The van der Waals surface area contributed by atoms with Gasteiger partial charge < -0.3 is 0 Å². The van der Waals surface area contributed by atoms with Gasteiger partial charge in [-0.25, -0.2) is 35.1 Å². The number of hydrogen-bond donors (Lipinski definition) is 3. The van der Waals surface area contributed by atoms with Crippen LogP contribution in [0.3, 0.4) is 0 Å². The van der Waals surface area contributed by atoms with Crippen LogP contribution in [0.2, 0.25) is 0 Å². The maximum Gasteiger partial charge on any atom is 0.170 e. The van der Waals surface area contributed by atoms with Crippen molar-refractivity contribution in [2.75, 3.05) is 6.26 Å². The zero-order valence-electron chi connectivity index (χ0n) is 24.0. The van der Waals surface area contributed by atoms with Crippen molar-refractivity contribution in [2.45, 2.75) is 32.4 Å². The largest absolute Gasteiger partial charge is 0.203 e. The summed E-state index contributed by atoms with van der Waals surface area (Å²) >= 11 is 14.3. The smallest absolute Gasteiger partial charge is 0.170 e. The minimum absolute atomic E-state index is 0.228. The molecule has 0 unspecified atom stereocenters. The average molecular weight is 721 g/mol. The average Bonchev–Trinajstić information content (AvgIpc) is 3.03. The first kappa shape index (κ1) is 33.6. The van der Waals surface area contributed by atoms with Gasteiger partial charge in [-0.15, -0.1) is 49.6 Å². The molecule has 6 rings (SSSR count). The highest BCUT2D eigenvalue weighted by molar-refractivity contribution is 7.98. The van der Waals surface area contributed by atoms with E-state index < -0.39 is 81.6 Å². The van der Waals surface area contributed by atoms with Crippen LogP contribution < -0.4 is 0 Å². The Kier molecular flexibility index (Phi) is 9.25. The van der Waals surface area contributed by atoms with Gasteiger partial charge in [-0.1, -0.05) is 12.1 Å². The van der Waals surface area contributed by atoms with E-state index in [1.807, 2.05) is 6.26 Å². The fourth-order valence-electron chi connectivity index (χ4n) is 5.73. The number of halogens is 8.